The maximum Gasteiger partial charge on any atom is 0.460 e. The van der Waals surface area contributed by atoms with Gasteiger partial charge in [0, 0.05) is 89.3 Å². The molecule has 4 amide bonds. The van der Waals surface area contributed by atoms with Crippen LogP contribution in [0.15, 0.2) is 0 Å². The first-order valence-corrected chi connectivity index (χ1v) is 15.2. The lowest BCUT2D eigenvalue weighted by Crippen LogP contribution is -2.61. The normalized spacial score (nSPS) is 18.3. The molecule has 10 nitrogen and oxygen atoms in total. The summed E-state index contributed by atoms with van der Waals surface area (Å²) in [6.07, 6.45) is -14.0. The fraction of sp³-hybridized carbons (Fsp3) is 0.818. The number of piperazine rings is 2. The van der Waals surface area contributed by atoms with Gasteiger partial charge in [-0.15, -0.1) is 0 Å². The van der Waals surface area contributed by atoms with Crippen molar-refractivity contribution in [3.63, 3.8) is 0 Å². The number of hydrogen-bond donors (Lipinski definition) is 2. The van der Waals surface area contributed by atoms with Crippen molar-refractivity contribution >= 4 is 47.5 Å². The molecule has 2 rings (SSSR count). The topological polar surface area (TPSA) is 105 Å². The molecule has 0 saturated carbocycles. The Morgan fingerprint density at radius 2 is 0.673 bits per heavy atom. The van der Waals surface area contributed by atoms with Gasteiger partial charge in [-0.1, -0.05) is 0 Å². The number of amides is 4. The van der Waals surface area contributed by atoms with Gasteiger partial charge in [-0.05, 0) is 0 Å². The second kappa shape index (κ2) is 15.5. The van der Waals surface area contributed by atoms with Crippen molar-refractivity contribution in [1.82, 2.24) is 29.0 Å². The van der Waals surface area contributed by atoms with E-state index in [1.165, 1.54) is 0 Å². The van der Waals surface area contributed by atoms with E-state index in [0.29, 0.717) is 9.80 Å². The van der Waals surface area contributed by atoms with Crippen LogP contribution in [0.5, 0.6) is 0 Å². The second-order valence-electron chi connectivity index (χ2n) is 10.5. The molecule has 2 N–H and O–H groups in total. The van der Waals surface area contributed by atoms with Gasteiger partial charge in [-0.25, -0.2) is 8.61 Å². The third kappa shape index (κ3) is 9.30. The molecule has 0 bridgehead atoms. The van der Waals surface area contributed by atoms with Crippen molar-refractivity contribution in [3.05, 3.63) is 0 Å². The van der Waals surface area contributed by atoms with E-state index >= 15 is 0 Å². The van der Waals surface area contributed by atoms with E-state index in [0.717, 1.165) is 0 Å². The van der Waals surface area contributed by atoms with Gasteiger partial charge < -0.3 is 20.4 Å². The van der Waals surface area contributed by atoms with E-state index in [1.807, 2.05) is 10.6 Å². The van der Waals surface area contributed by atoms with Gasteiger partial charge in [0.15, 0.2) is 0 Å². The number of alkyl halides is 18. The Labute approximate surface area is 287 Å². The zero-order valence-electron chi connectivity index (χ0n) is 25.1. The van der Waals surface area contributed by atoms with Crippen LogP contribution in [-0.4, -0.2) is 154 Å². The number of nitrogens with one attached hydrogen (secondary N) is 2. The van der Waals surface area contributed by atoms with E-state index in [2.05, 4.69) is 0 Å². The van der Waals surface area contributed by atoms with Crippen molar-refractivity contribution in [2.45, 2.75) is 46.6 Å². The molecule has 0 radical (unpaired) electrons. The van der Waals surface area contributed by atoms with Crippen LogP contribution >= 0.6 is 23.9 Å². The molecular formula is C22H22F18N6O4S2. The van der Waals surface area contributed by atoms with Crippen LogP contribution in [0.2, 0.25) is 0 Å². The summed E-state index contributed by atoms with van der Waals surface area (Å²) in [5.74, 6) is -33.5. The summed E-state index contributed by atoms with van der Waals surface area (Å²) in [7, 11) is 0. The maximum atomic E-state index is 13.8. The third-order valence-corrected chi connectivity index (χ3v) is 9.07. The lowest BCUT2D eigenvalue weighted by atomic mass is 10.1. The van der Waals surface area contributed by atoms with Gasteiger partial charge in [0.05, 0.1) is 0 Å². The summed E-state index contributed by atoms with van der Waals surface area (Å²) in [5, 5.41) is -8.05. The summed E-state index contributed by atoms with van der Waals surface area (Å²) in [4.78, 5) is 50.0. The number of hydrogen-bond acceptors (Lipinski definition) is 8. The molecule has 0 aromatic rings. The van der Waals surface area contributed by atoms with Crippen molar-refractivity contribution < 1.29 is 98.2 Å². The van der Waals surface area contributed by atoms with Crippen LogP contribution in [0.3, 0.4) is 0 Å². The average molecular weight is 841 g/mol. The lowest BCUT2D eigenvalue weighted by Gasteiger charge is -2.38. The highest BCUT2D eigenvalue weighted by molar-refractivity contribution is 7.98. The predicted octanol–water partition coefficient (Wildman–Crippen LogP) is 3.66. The Bertz CT molecular complexity index is 1220. The fourth-order valence-electron chi connectivity index (χ4n) is 3.92. The van der Waals surface area contributed by atoms with Crippen molar-refractivity contribution in [1.29, 1.82) is 0 Å². The fourth-order valence-corrected chi connectivity index (χ4v) is 5.74. The minimum Gasteiger partial charge on any atom is -0.346 e. The molecule has 0 unspecified atom stereocenters. The summed E-state index contributed by atoms with van der Waals surface area (Å²) in [6.45, 7) is -7.07. The highest BCUT2D eigenvalue weighted by Crippen LogP contribution is 2.58. The third-order valence-electron chi connectivity index (χ3n) is 6.86. The van der Waals surface area contributed by atoms with E-state index in [9.17, 15) is 98.2 Å². The van der Waals surface area contributed by atoms with Gasteiger partial charge in [-0.2, -0.15) is 79.0 Å². The van der Waals surface area contributed by atoms with Crippen LogP contribution < -0.4 is 10.6 Å². The Hall–Kier alpha value is -2.76. The average Bonchev–Trinajstić information content (AvgIpc) is 3.01. The molecule has 2 fully saturated rings. The first kappa shape index (κ1) is 45.4. The van der Waals surface area contributed by atoms with Gasteiger partial charge in [0.25, 0.3) is 0 Å². The largest absolute Gasteiger partial charge is 0.460 e. The van der Waals surface area contributed by atoms with Crippen LogP contribution in [0.1, 0.15) is 0 Å². The van der Waals surface area contributed by atoms with Crippen molar-refractivity contribution in [2.24, 2.45) is 0 Å². The molecule has 2 saturated heterocycles. The molecule has 2 aliphatic heterocycles. The van der Waals surface area contributed by atoms with E-state index in [1.54, 1.807) is 0 Å². The highest BCUT2D eigenvalue weighted by atomic mass is 32.2. The lowest BCUT2D eigenvalue weighted by molar-refractivity contribution is -0.381. The standard InChI is InChI=1S/C22H22F18N6O4S2/c23-15(24,19(31,32)33)17(27,28)21(37,38)51-45-7-3-43(4-8-45)13(49)11(47)41-1-2-42-12(48)14(50)44-5-9-46(10-6-44)52-22(39,40)18(29,30)16(25,26)20(34,35)36/h1-10H2,(H,41,47)(H,42,48). The van der Waals surface area contributed by atoms with Gasteiger partial charge >= 0.3 is 70.2 Å². The SMILES string of the molecule is O=C(NCCNC(=O)C(=O)N1CCN(SC(F)(F)C(F)(F)C(F)(F)C(F)(F)F)CC1)C(=O)N1CCN(SC(F)(F)C(F)(F)C(F)(F)C(F)(F)F)CC1. The second-order valence-corrected chi connectivity index (χ2v) is 12.9. The van der Waals surface area contributed by atoms with Crippen LogP contribution in [0.4, 0.5) is 79.0 Å². The molecule has 302 valence electrons. The van der Waals surface area contributed by atoms with Crippen molar-refractivity contribution in [3.8, 4) is 0 Å². The zero-order valence-corrected chi connectivity index (χ0v) is 26.7. The van der Waals surface area contributed by atoms with Crippen LogP contribution in [0.25, 0.3) is 0 Å². The number of nitrogens with zero attached hydrogens (tertiary/aromatic N) is 4. The quantitative estimate of drug-likeness (QED) is 0.141. The van der Waals surface area contributed by atoms with Gasteiger partial charge in [0.1, 0.15) is 0 Å². The molecule has 0 spiro atoms. The highest BCUT2D eigenvalue weighted by Gasteiger charge is 2.83. The molecule has 2 heterocycles. The molecule has 2 aliphatic rings. The molecule has 0 atom stereocenters. The van der Waals surface area contributed by atoms with Crippen molar-refractivity contribution in [2.75, 3.05) is 65.4 Å². The summed E-state index contributed by atoms with van der Waals surface area (Å²) >= 11 is -2.66. The Kier molecular flexibility index (Phi) is 13.6. The molecule has 52 heavy (non-hydrogen) atoms. The molecular weight excluding hydrogens is 818 g/mol. The monoisotopic (exact) mass is 840 g/mol. The molecule has 0 aromatic carbocycles. The minimum atomic E-state index is -7.11. The van der Waals surface area contributed by atoms with Gasteiger partial charge in [-0.3, -0.25) is 19.2 Å². The molecule has 30 heteroatoms. The Morgan fingerprint density at radius 1 is 0.423 bits per heavy atom. The van der Waals surface area contributed by atoms with E-state index in [4.69, 9.17) is 0 Å². The number of carbonyl (C=O) groups excluding carboxylic acids is 4. The Morgan fingerprint density at radius 3 is 0.904 bits per heavy atom. The van der Waals surface area contributed by atoms with Crippen LogP contribution in [0, 0.1) is 0 Å². The summed E-state index contributed by atoms with van der Waals surface area (Å²) in [6, 6.07) is 0. The van der Waals surface area contributed by atoms with Crippen LogP contribution in [-0.2, 0) is 19.2 Å². The van der Waals surface area contributed by atoms with E-state index < -0.39 is 160 Å². The molecule has 0 aliphatic carbocycles. The number of carbonyl (C=O) groups is 4. The summed E-state index contributed by atoms with van der Waals surface area (Å²) < 4.78 is 236. The maximum absolute atomic E-state index is 13.8. The number of halogens is 18. The predicted molar refractivity (Wildman–Crippen MR) is 139 cm³/mol. The number of rotatable bonds is 11. The Balaban J connectivity index is 1.77. The first-order chi connectivity index (χ1) is 23.2. The smallest absolute Gasteiger partial charge is 0.346 e. The summed E-state index contributed by atoms with van der Waals surface area (Å²) in [5.41, 5.74) is 0. The molecule has 0 aromatic heterocycles. The first-order valence-electron chi connectivity index (χ1n) is 13.7. The minimum absolute atomic E-state index is 0.265. The van der Waals surface area contributed by atoms with Gasteiger partial charge in [0.2, 0.25) is 0 Å². The van der Waals surface area contributed by atoms with E-state index in [-0.39, 0.29) is 8.61 Å². The zero-order chi connectivity index (χ0) is 40.5.